The highest BCUT2D eigenvalue weighted by atomic mass is 16.4. The van der Waals surface area contributed by atoms with Gasteiger partial charge in [0, 0.05) is 0 Å². The fourth-order valence-corrected chi connectivity index (χ4v) is 0.556. The average molecular weight is 138 g/mol. The first-order valence-electron chi connectivity index (χ1n) is 3.03. The van der Waals surface area contributed by atoms with Crippen molar-refractivity contribution in [3.05, 3.63) is 36.4 Å². The molecule has 2 nitrogen and oxygen atoms in total. The summed E-state index contributed by atoms with van der Waals surface area (Å²) in [4.78, 5) is 0. The number of allylic oxidation sites excluding steroid dienone is 5. The fraction of sp³-hybridized carbons (Fsp3) is 0.143. The van der Waals surface area contributed by atoms with E-state index in [2.05, 4.69) is 6.58 Å². The van der Waals surface area contributed by atoms with Gasteiger partial charge in [0.05, 0.1) is 0 Å². The summed E-state index contributed by atoms with van der Waals surface area (Å²) in [5.41, 5.74) is 0.442. The van der Waals surface area contributed by atoms with E-state index in [1.807, 2.05) is 0 Å². The summed E-state index contributed by atoms with van der Waals surface area (Å²) in [5.74, 6) is 0. The van der Waals surface area contributed by atoms with Crippen LogP contribution in [0.2, 0.25) is 0 Å². The molecule has 0 atom stereocenters. The van der Waals surface area contributed by atoms with Gasteiger partial charge in [-0.3, -0.25) is 0 Å². The lowest BCUT2D eigenvalue weighted by Gasteiger charge is -1.95. The molecule has 0 aliphatic heterocycles. The lowest BCUT2D eigenvalue weighted by Crippen LogP contribution is -2.13. The van der Waals surface area contributed by atoms with E-state index in [0.717, 1.165) is 0 Å². The minimum Gasteiger partial charge on any atom is -0.423 e. The van der Waals surface area contributed by atoms with Crippen LogP contribution in [-0.2, 0) is 0 Å². The Hall–Kier alpha value is -0.795. The molecule has 0 aromatic rings. The Morgan fingerprint density at radius 3 is 2.40 bits per heavy atom. The van der Waals surface area contributed by atoms with Gasteiger partial charge in [-0.1, -0.05) is 30.9 Å². The van der Waals surface area contributed by atoms with E-state index in [-0.39, 0.29) is 0 Å². The molecule has 0 saturated carbocycles. The summed E-state index contributed by atoms with van der Waals surface area (Å²) < 4.78 is 0. The van der Waals surface area contributed by atoms with Crippen LogP contribution in [0, 0.1) is 0 Å². The number of rotatable bonds is 3. The standard InChI is InChI=1S/C7H11BO2/c1-3-5-7(6-4-2)8(9)10/h3-6,9-10H,1H2,2H3. The van der Waals surface area contributed by atoms with Crippen LogP contribution in [0.15, 0.2) is 36.4 Å². The monoisotopic (exact) mass is 138 g/mol. The van der Waals surface area contributed by atoms with Gasteiger partial charge in [-0.15, -0.1) is 0 Å². The molecule has 0 bridgehead atoms. The van der Waals surface area contributed by atoms with Gasteiger partial charge in [0.25, 0.3) is 0 Å². The van der Waals surface area contributed by atoms with Crippen LogP contribution in [0.3, 0.4) is 0 Å². The van der Waals surface area contributed by atoms with Crippen molar-refractivity contribution in [1.29, 1.82) is 0 Å². The van der Waals surface area contributed by atoms with E-state index >= 15 is 0 Å². The molecule has 0 aromatic heterocycles. The topological polar surface area (TPSA) is 40.5 Å². The van der Waals surface area contributed by atoms with Gasteiger partial charge in [0.15, 0.2) is 0 Å². The third-order valence-corrected chi connectivity index (χ3v) is 0.968. The molecule has 0 aliphatic carbocycles. The van der Waals surface area contributed by atoms with Crippen LogP contribution in [-0.4, -0.2) is 17.2 Å². The van der Waals surface area contributed by atoms with E-state index in [1.165, 1.54) is 6.08 Å². The zero-order chi connectivity index (χ0) is 7.98. The van der Waals surface area contributed by atoms with E-state index in [4.69, 9.17) is 10.0 Å². The van der Waals surface area contributed by atoms with E-state index < -0.39 is 7.12 Å². The number of hydrogen-bond acceptors (Lipinski definition) is 2. The Morgan fingerprint density at radius 2 is 2.10 bits per heavy atom. The molecule has 0 spiro atoms. The first-order chi connectivity index (χ1) is 4.72. The van der Waals surface area contributed by atoms with Crippen LogP contribution in [0.25, 0.3) is 0 Å². The quantitative estimate of drug-likeness (QED) is 0.444. The fourth-order valence-electron chi connectivity index (χ4n) is 0.556. The van der Waals surface area contributed by atoms with E-state index in [9.17, 15) is 0 Å². The van der Waals surface area contributed by atoms with Crippen molar-refractivity contribution in [2.45, 2.75) is 6.92 Å². The number of hydrogen-bond donors (Lipinski definition) is 2. The van der Waals surface area contributed by atoms with Crippen molar-refractivity contribution in [3.8, 4) is 0 Å². The maximum atomic E-state index is 8.66. The predicted octanol–water partition coefficient (Wildman–Crippen LogP) is 0.687. The Morgan fingerprint density at radius 1 is 1.50 bits per heavy atom. The molecule has 0 aromatic carbocycles. The van der Waals surface area contributed by atoms with E-state index in [0.29, 0.717) is 5.47 Å². The Kier molecular flexibility index (Phi) is 4.63. The van der Waals surface area contributed by atoms with Gasteiger partial charge >= 0.3 is 7.12 Å². The first-order valence-corrected chi connectivity index (χ1v) is 3.03. The normalized spacial score (nSPS) is 12.1. The van der Waals surface area contributed by atoms with Gasteiger partial charge in [0.1, 0.15) is 0 Å². The van der Waals surface area contributed by atoms with Crippen LogP contribution in [0.1, 0.15) is 6.92 Å². The molecule has 3 heteroatoms. The summed E-state index contributed by atoms with van der Waals surface area (Å²) in [6.07, 6.45) is 6.40. The van der Waals surface area contributed by atoms with Gasteiger partial charge in [-0.05, 0) is 12.4 Å². The maximum absolute atomic E-state index is 8.66. The molecule has 54 valence electrons. The molecule has 0 heterocycles. The molecule has 0 unspecified atom stereocenters. The molecule has 10 heavy (non-hydrogen) atoms. The summed E-state index contributed by atoms with van der Waals surface area (Å²) in [7, 11) is -1.41. The van der Waals surface area contributed by atoms with Crippen LogP contribution in [0.5, 0.6) is 0 Å². The highest BCUT2D eigenvalue weighted by Gasteiger charge is 2.09. The van der Waals surface area contributed by atoms with Crippen molar-refractivity contribution < 1.29 is 10.0 Å². The van der Waals surface area contributed by atoms with Crippen molar-refractivity contribution in [2.24, 2.45) is 0 Å². The molecule has 0 saturated heterocycles. The summed E-state index contributed by atoms with van der Waals surface area (Å²) >= 11 is 0. The molecule has 0 rings (SSSR count). The third kappa shape index (κ3) is 3.27. The van der Waals surface area contributed by atoms with Gasteiger partial charge in [-0.2, -0.15) is 0 Å². The molecule has 2 N–H and O–H groups in total. The van der Waals surface area contributed by atoms with E-state index in [1.54, 1.807) is 25.2 Å². The minimum atomic E-state index is -1.41. The summed E-state index contributed by atoms with van der Waals surface area (Å²) in [5, 5.41) is 17.3. The second kappa shape index (κ2) is 5.03. The maximum Gasteiger partial charge on any atom is 0.488 e. The largest absolute Gasteiger partial charge is 0.488 e. The lowest BCUT2D eigenvalue weighted by molar-refractivity contribution is 0.420. The second-order valence-electron chi connectivity index (χ2n) is 1.78. The first kappa shape index (κ1) is 9.20. The summed E-state index contributed by atoms with van der Waals surface area (Å²) in [6, 6.07) is 0. The SMILES string of the molecule is C=CC=C(C=CC)B(O)O. The highest BCUT2D eigenvalue weighted by molar-refractivity contribution is 6.51. The zero-order valence-electron chi connectivity index (χ0n) is 5.99. The Labute approximate surface area is 61.3 Å². The molecule has 0 radical (unpaired) electrons. The lowest BCUT2D eigenvalue weighted by atomic mass is 9.79. The minimum absolute atomic E-state index is 0.442. The van der Waals surface area contributed by atoms with Crippen molar-refractivity contribution in [2.75, 3.05) is 0 Å². The van der Waals surface area contributed by atoms with Crippen molar-refractivity contribution in [1.82, 2.24) is 0 Å². The zero-order valence-corrected chi connectivity index (χ0v) is 5.99. The average Bonchev–Trinajstić information content (AvgIpc) is 1.87. The predicted molar refractivity (Wildman–Crippen MR) is 43.3 cm³/mol. The molecular weight excluding hydrogens is 127 g/mol. The van der Waals surface area contributed by atoms with Gasteiger partial charge < -0.3 is 10.0 Å². The van der Waals surface area contributed by atoms with Crippen LogP contribution < -0.4 is 0 Å². The molecule has 0 amide bonds. The van der Waals surface area contributed by atoms with Crippen molar-refractivity contribution >= 4 is 7.12 Å². The van der Waals surface area contributed by atoms with Gasteiger partial charge in [-0.25, -0.2) is 0 Å². The second-order valence-corrected chi connectivity index (χ2v) is 1.78. The van der Waals surface area contributed by atoms with Crippen LogP contribution in [0.4, 0.5) is 0 Å². The Balaban J connectivity index is 4.25. The van der Waals surface area contributed by atoms with Gasteiger partial charge in [0.2, 0.25) is 0 Å². The highest BCUT2D eigenvalue weighted by Crippen LogP contribution is 1.97. The van der Waals surface area contributed by atoms with Crippen molar-refractivity contribution in [3.63, 3.8) is 0 Å². The molecule has 0 aliphatic rings. The Bertz CT molecular complexity index is 159. The summed E-state index contributed by atoms with van der Waals surface area (Å²) in [6.45, 7) is 5.24. The molecule has 0 fully saturated rings. The smallest absolute Gasteiger partial charge is 0.423 e. The third-order valence-electron chi connectivity index (χ3n) is 0.968. The molecular formula is C7H11BO2. The van der Waals surface area contributed by atoms with Crippen LogP contribution >= 0.6 is 0 Å².